The number of rotatable bonds is 5. The number of anilines is 1. The Kier molecular flexibility index (Phi) is 4.83. The molecule has 1 aliphatic carbocycles. The molecule has 4 rings (SSSR count). The summed E-state index contributed by atoms with van der Waals surface area (Å²) in [5, 5.41) is 12.0. The standard InChI is InChI=1S/C21H18N2O4S/c1-2-17-18(19(24)25)28-20(22-17)23-21(26)27-11-16-14-9-5-3-7-12(14)13-8-4-6-10-15(13)16/h3-10,16H,2,11H2,1H3,(H,24,25)(H,22,23,26). The van der Waals surface area contributed by atoms with Crippen LogP contribution in [0.3, 0.4) is 0 Å². The van der Waals surface area contributed by atoms with E-state index in [1.807, 2.05) is 31.2 Å². The van der Waals surface area contributed by atoms with E-state index in [2.05, 4.69) is 34.6 Å². The second-order valence-electron chi connectivity index (χ2n) is 6.40. The molecule has 1 aromatic heterocycles. The SMILES string of the molecule is CCc1nc(NC(=O)OCC2c3ccccc3-c3ccccc32)sc1C(=O)O. The Balaban J connectivity index is 1.48. The molecule has 0 atom stereocenters. The van der Waals surface area contributed by atoms with Crippen molar-refractivity contribution in [3.05, 3.63) is 70.2 Å². The number of carboxylic acids is 1. The summed E-state index contributed by atoms with van der Waals surface area (Å²) in [5.41, 5.74) is 5.03. The molecule has 1 aliphatic rings. The van der Waals surface area contributed by atoms with E-state index in [-0.39, 0.29) is 22.5 Å². The highest BCUT2D eigenvalue weighted by molar-refractivity contribution is 7.17. The van der Waals surface area contributed by atoms with Gasteiger partial charge in [-0.3, -0.25) is 5.32 Å². The van der Waals surface area contributed by atoms with E-state index in [1.165, 1.54) is 0 Å². The molecule has 0 fully saturated rings. The van der Waals surface area contributed by atoms with E-state index < -0.39 is 12.1 Å². The van der Waals surface area contributed by atoms with Gasteiger partial charge in [0.15, 0.2) is 5.13 Å². The number of nitrogens with one attached hydrogen (secondary N) is 1. The van der Waals surface area contributed by atoms with Crippen LogP contribution < -0.4 is 5.32 Å². The number of thiazole rings is 1. The van der Waals surface area contributed by atoms with Crippen LogP contribution in [0.5, 0.6) is 0 Å². The minimum absolute atomic E-state index is 0.0322. The van der Waals surface area contributed by atoms with Crippen molar-refractivity contribution in [3.63, 3.8) is 0 Å². The highest BCUT2D eigenvalue weighted by Crippen LogP contribution is 2.44. The monoisotopic (exact) mass is 394 g/mol. The largest absolute Gasteiger partial charge is 0.477 e. The summed E-state index contributed by atoms with van der Waals surface area (Å²) in [7, 11) is 0. The first kappa shape index (κ1) is 18.2. The second-order valence-corrected chi connectivity index (χ2v) is 7.40. The molecule has 0 bridgehead atoms. The average Bonchev–Trinajstić information content (AvgIpc) is 3.25. The van der Waals surface area contributed by atoms with E-state index in [9.17, 15) is 14.7 Å². The lowest BCUT2D eigenvalue weighted by Gasteiger charge is -2.14. The average molecular weight is 394 g/mol. The van der Waals surface area contributed by atoms with Gasteiger partial charge >= 0.3 is 12.1 Å². The van der Waals surface area contributed by atoms with E-state index in [1.54, 1.807) is 0 Å². The predicted octanol–water partition coefficient (Wildman–Crippen LogP) is 4.76. The minimum Gasteiger partial charge on any atom is -0.477 e. The van der Waals surface area contributed by atoms with E-state index in [0.29, 0.717) is 12.1 Å². The lowest BCUT2D eigenvalue weighted by molar-refractivity contribution is 0.0700. The first-order valence-corrected chi connectivity index (χ1v) is 9.75. The van der Waals surface area contributed by atoms with Crippen LogP contribution >= 0.6 is 11.3 Å². The molecule has 1 heterocycles. The summed E-state index contributed by atoms with van der Waals surface area (Å²) in [5.74, 6) is -1.08. The number of hydrogen-bond acceptors (Lipinski definition) is 5. The van der Waals surface area contributed by atoms with Gasteiger partial charge in [-0.05, 0) is 28.7 Å². The zero-order valence-corrected chi connectivity index (χ0v) is 16.0. The molecule has 1 amide bonds. The van der Waals surface area contributed by atoms with E-state index in [0.717, 1.165) is 33.6 Å². The topological polar surface area (TPSA) is 88.5 Å². The number of ether oxygens (including phenoxy) is 1. The highest BCUT2D eigenvalue weighted by atomic mass is 32.1. The van der Waals surface area contributed by atoms with Crippen molar-refractivity contribution in [1.82, 2.24) is 4.98 Å². The maximum absolute atomic E-state index is 12.3. The minimum atomic E-state index is -1.05. The maximum atomic E-state index is 12.3. The van der Waals surface area contributed by atoms with Gasteiger partial charge in [0.1, 0.15) is 11.5 Å². The molecular formula is C21H18N2O4S. The third-order valence-corrected chi connectivity index (χ3v) is 5.78. The number of carbonyl (C=O) groups is 2. The van der Waals surface area contributed by atoms with Crippen LogP contribution in [-0.2, 0) is 11.2 Å². The lowest BCUT2D eigenvalue weighted by Crippen LogP contribution is -2.17. The summed E-state index contributed by atoms with van der Waals surface area (Å²) < 4.78 is 5.46. The fourth-order valence-corrected chi connectivity index (χ4v) is 4.41. The second kappa shape index (κ2) is 7.44. The van der Waals surface area contributed by atoms with E-state index in [4.69, 9.17) is 4.74 Å². The number of aromatic nitrogens is 1. The zero-order chi connectivity index (χ0) is 19.7. The molecule has 7 heteroatoms. The first-order valence-electron chi connectivity index (χ1n) is 8.93. The Hall–Kier alpha value is -3.19. The summed E-state index contributed by atoms with van der Waals surface area (Å²) in [6.07, 6.45) is -0.167. The molecule has 0 saturated carbocycles. The van der Waals surface area contributed by atoms with Crippen molar-refractivity contribution < 1.29 is 19.4 Å². The normalized spacial score (nSPS) is 12.3. The first-order chi connectivity index (χ1) is 13.6. The van der Waals surface area contributed by atoms with Crippen molar-refractivity contribution >= 4 is 28.5 Å². The molecule has 28 heavy (non-hydrogen) atoms. The van der Waals surface area contributed by atoms with Gasteiger partial charge in [0, 0.05) is 5.92 Å². The number of fused-ring (bicyclic) bond motifs is 3. The smallest absolute Gasteiger partial charge is 0.413 e. The van der Waals surface area contributed by atoms with E-state index >= 15 is 0 Å². The van der Waals surface area contributed by atoms with Crippen LogP contribution in [0.2, 0.25) is 0 Å². The Morgan fingerprint density at radius 3 is 2.25 bits per heavy atom. The number of hydrogen-bond donors (Lipinski definition) is 2. The molecule has 0 saturated heterocycles. The van der Waals surface area contributed by atoms with Gasteiger partial charge in [0.2, 0.25) is 0 Å². The van der Waals surface area contributed by atoms with Gasteiger partial charge in [0.05, 0.1) is 5.69 Å². The van der Waals surface area contributed by atoms with Gasteiger partial charge in [0.25, 0.3) is 0 Å². The summed E-state index contributed by atoms with van der Waals surface area (Å²) in [6.45, 7) is 2.01. The molecular weight excluding hydrogens is 376 g/mol. The number of carbonyl (C=O) groups excluding carboxylic acids is 1. The van der Waals surface area contributed by atoms with Crippen molar-refractivity contribution in [2.75, 3.05) is 11.9 Å². The van der Waals surface area contributed by atoms with Crippen LogP contribution in [0.4, 0.5) is 9.93 Å². The maximum Gasteiger partial charge on any atom is 0.413 e. The van der Waals surface area contributed by atoms with Crippen LogP contribution in [-0.4, -0.2) is 28.8 Å². The van der Waals surface area contributed by atoms with Gasteiger partial charge in [-0.25, -0.2) is 14.6 Å². The van der Waals surface area contributed by atoms with Gasteiger partial charge in [-0.1, -0.05) is 66.8 Å². The molecule has 0 radical (unpaired) electrons. The third kappa shape index (κ3) is 3.25. The van der Waals surface area contributed by atoms with Gasteiger partial charge in [-0.2, -0.15) is 0 Å². The van der Waals surface area contributed by atoms with Crippen molar-refractivity contribution in [2.24, 2.45) is 0 Å². The number of amides is 1. The number of carboxylic acid groups (broad SMARTS) is 1. The Bertz CT molecular complexity index is 1010. The molecule has 6 nitrogen and oxygen atoms in total. The fraction of sp³-hybridized carbons (Fsp3) is 0.190. The molecule has 0 spiro atoms. The molecule has 0 unspecified atom stereocenters. The molecule has 142 valence electrons. The summed E-state index contributed by atoms with van der Waals surface area (Å²) >= 11 is 0.933. The van der Waals surface area contributed by atoms with Crippen LogP contribution in [0.25, 0.3) is 11.1 Å². The third-order valence-electron chi connectivity index (χ3n) is 4.78. The number of nitrogens with zero attached hydrogens (tertiary/aromatic N) is 1. The Morgan fingerprint density at radius 2 is 1.71 bits per heavy atom. The molecule has 0 aliphatic heterocycles. The zero-order valence-electron chi connectivity index (χ0n) is 15.1. The summed E-state index contributed by atoms with van der Waals surface area (Å²) in [4.78, 5) is 27.8. The van der Waals surface area contributed by atoms with Crippen molar-refractivity contribution in [3.8, 4) is 11.1 Å². The van der Waals surface area contributed by atoms with Crippen LogP contribution in [0.1, 0.15) is 39.3 Å². The Labute approximate surface area is 165 Å². The number of aryl methyl sites for hydroxylation is 1. The van der Waals surface area contributed by atoms with Gasteiger partial charge < -0.3 is 9.84 Å². The quantitative estimate of drug-likeness (QED) is 0.651. The molecule has 2 N–H and O–H groups in total. The molecule has 3 aromatic rings. The Morgan fingerprint density at radius 1 is 1.11 bits per heavy atom. The van der Waals surface area contributed by atoms with Gasteiger partial charge in [-0.15, -0.1) is 0 Å². The lowest BCUT2D eigenvalue weighted by atomic mass is 9.98. The predicted molar refractivity (Wildman–Crippen MR) is 107 cm³/mol. The van der Waals surface area contributed by atoms with Crippen LogP contribution in [0.15, 0.2) is 48.5 Å². The van der Waals surface area contributed by atoms with Crippen LogP contribution in [0, 0.1) is 0 Å². The van der Waals surface area contributed by atoms with Crippen molar-refractivity contribution in [1.29, 1.82) is 0 Å². The molecule has 2 aromatic carbocycles. The highest BCUT2D eigenvalue weighted by Gasteiger charge is 2.29. The number of benzene rings is 2. The van der Waals surface area contributed by atoms with Crippen molar-refractivity contribution in [2.45, 2.75) is 19.3 Å². The number of aromatic carboxylic acids is 1. The summed E-state index contributed by atoms with van der Waals surface area (Å²) in [6, 6.07) is 16.2. The fourth-order valence-electron chi connectivity index (χ4n) is 3.53.